The van der Waals surface area contributed by atoms with Crippen LogP contribution < -0.4 is 10.2 Å². The van der Waals surface area contributed by atoms with E-state index in [2.05, 4.69) is 29.0 Å². The molecule has 18 heavy (non-hydrogen) atoms. The number of hydrogen-bond donors (Lipinski definition) is 1. The third-order valence-corrected chi connectivity index (χ3v) is 4.26. The standard InChI is InChI=1S/C13H23N3OS/c1-3-14-9-12-10-15-13(18-12)16-7-5-11(6-8-16)17-4-2/h10-11,14H,3-9H2,1-2H3. The molecule has 102 valence electrons. The predicted octanol–water partition coefficient (Wildman–Crippen LogP) is 2.26. The van der Waals surface area contributed by atoms with Crippen LogP contribution in [0.1, 0.15) is 31.6 Å². The summed E-state index contributed by atoms with van der Waals surface area (Å²) in [6, 6.07) is 0. The fraction of sp³-hybridized carbons (Fsp3) is 0.769. The molecule has 0 bridgehead atoms. The summed E-state index contributed by atoms with van der Waals surface area (Å²) in [6.45, 7) is 9.10. The number of piperidine rings is 1. The molecule has 0 atom stereocenters. The summed E-state index contributed by atoms with van der Waals surface area (Å²) < 4.78 is 5.67. The molecule has 0 unspecified atom stereocenters. The minimum Gasteiger partial charge on any atom is -0.378 e. The first-order chi connectivity index (χ1) is 8.83. The number of nitrogens with zero attached hydrogens (tertiary/aromatic N) is 2. The predicted molar refractivity (Wildman–Crippen MR) is 76.4 cm³/mol. The Morgan fingerprint density at radius 1 is 1.44 bits per heavy atom. The van der Waals surface area contributed by atoms with Gasteiger partial charge in [0.15, 0.2) is 5.13 Å². The van der Waals surface area contributed by atoms with Crippen LogP contribution in [-0.2, 0) is 11.3 Å². The highest BCUT2D eigenvalue weighted by molar-refractivity contribution is 7.15. The van der Waals surface area contributed by atoms with E-state index in [4.69, 9.17) is 4.74 Å². The van der Waals surface area contributed by atoms with Crippen LogP contribution in [0.2, 0.25) is 0 Å². The number of nitrogens with one attached hydrogen (secondary N) is 1. The van der Waals surface area contributed by atoms with E-state index in [-0.39, 0.29) is 0 Å². The average Bonchev–Trinajstić information content (AvgIpc) is 2.86. The van der Waals surface area contributed by atoms with E-state index in [0.717, 1.165) is 50.8 Å². The SMILES string of the molecule is CCNCc1cnc(N2CCC(OCC)CC2)s1. The van der Waals surface area contributed by atoms with Gasteiger partial charge in [0.1, 0.15) is 0 Å². The van der Waals surface area contributed by atoms with Gasteiger partial charge in [0.05, 0.1) is 6.10 Å². The summed E-state index contributed by atoms with van der Waals surface area (Å²) >= 11 is 1.81. The molecule has 0 amide bonds. The van der Waals surface area contributed by atoms with Crippen LogP contribution in [0.3, 0.4) is 0 Å². The fourth-order valence-electron chi connectivity index (χ4n) is 2.22. The molecule has 4 nitrogen and oxygen atoms in total. The fourth-order valence-corrected chi connectivity index (χ4v) is 3.15. The molecule has 1 N–H and O–H groups in total. The lowest BCUT2D eigenvalue weighted by atomic mass is 10.1. The van der Waals surface area contributed by atoms with Gasteiger partial charge in [-0.15, -0.1) is 11.3 Å². The number of aromatic nitrogens is 1. The first-order valence-corrected chi connectivity index (χ1v) is 7.67. The van der Waals surface area contributed by atoms with Gasteiger partial charge in [0, 0.05) is 37.3 Å². The summed E-state index contributed by atoms with van der Waals surface area (Å²) in [4.78, 5) is 8.23. The van der Waals surface area contributed by atoms with Gasteiger partial charge in [-0.25, -0.2) is 4.98 Å². The van der Waals surface area contributed by atoms with Crippen LogP contribution in [0.5, 0.6) is 0 Å². The van der Waals surface area contributed by atoms with E-state index in [1.165, 1.54) is 4.88 Å². The van der Waals surface area contributed by atoms with Crippen LogP contribution in [0, 0.1) is 0 Å². The molecule has 1 aromatic heterocycles. The Morgan fingerprint density at radius 3 is 2.89 bits per heavy atom. The topological polar surface area (TPSA) is 37.4 Å². The van der Waals surface area contributed by atoms with Crippen molar-refractivity contribution < 1.29 is 4.74 Å². The Kier molecular flexibility index (Phi) is 5.41. The van der Waals surface area contributed by atoms with Gasteiger partial charge in [-0.1, -0.05) is 6.92 Å². The molecule has 5 heteroatoms. The second kappa shape index (κ2) is 7.07. The molecule has 2 rings (SSSR count). The minimum atomic E-state index is 0.451. The summed E-state index contributed by atoms with van der Waals surface area (Å²) in [6.07, 6.45) is 4.69. The molecular formula is C13H23N3OS. The third kappa shape index (κ3) is 3.67. The number of hydrogen-bond acceptors (Lipinski definition) is 5. The number of ether oxygens (including phenoxy) is 1. The molecule has 1 fully saturated rings. The number of thiazole rings is 1. The molecule has 1 saturated heterocycles. The van der Waals surface area contributed by atoms with Gasteiger partial charge in [-0.2, -0.15) is 0 Å². The van der Waals surface area contributed by atoms with E-state index in [9.17, 15) is 0 Å². The molecule has 2 heterocycles. The Morgan fingerprint density at radius 2 is 2.22 bits per heavy atom. The van der Waals surface area contributed by atoms with Crippen molar-refractivity contribution in [2.75, 3.05) is 31.1 Å². The van der Waals surface area contributed by atoms with Gasteiger partial charge in [-0.05, 0) is 26.3 Å². The van der Waals surface area contributed by atoms with E-state index in [1.807, 2.05) is 6.20 Å². The molecule has 0 spiro atoms. The van der Waals surface area contributed by atoms with Gasteiger partial charge in [-0.3, -0.25) is 0 Å². The zero-order valence-electron chi connectivity index (χ0n) is 11.3. The van der Waals surface area contributed by atoms with E-state index in [0.29, 0.717) is 6.10 Å². The second-order valence-electron chi connectivity index (χ2n) is 4.53. The lowest BCUT2D eigenvalue weighted by molar-refractivity contribution is 0.0459. The van der Waals surface area contributed by atoms with Crippen LogP contribution in [-0.4, -0.2) is 37.3 Å². The average molecular weight is 269 g/mol. The number of rotatable bonds is 6. The molecule has 0 aromatic carbocycles. The van der Waals surface area contributed by atoms with Crippen LogP contribution in [0.4, 0.5) is 5.13 Å². The Bertz CT molecular complexity index is 348. The van der Waals surface area contributed by atoms with Crippen molar-refractivity contribution in [1.82, 2.24) is 10.3 Å². The van der Waals surface area contributed by atoms with Crippen molar-refractivity contribution in [2.24, 2.45) is 0 Å². The molecular weight excluding hydrogens is 246 g/mol. The Hall–Kier alpha value is -0.650. The van der Waals surface area contributed by atoms with Crippen LogP contribution in [0.15, 0.2) is 6.20 Å². The molecule has 0 aliphatic carbocycles. The Labute approximate surface area is 113 Å². The van der Waals surface area contributed by atoms with E-state index in [1.54, 1.807) is 11.3 Å². The van der Waals surface area contributed by atoms with Crippen molar-refractivity contribution in [3.63, 3.8) is 0 Å². The Balaban J connectivity index is 1.83. The molecule has 0 radical (unpaired) electrons. The maximum Gasteiger partial charge on any atom is 0.185 e. The number of anilines is 1. The quantitative estimate of drug-likeness (QED) is 0.859. The first kappa shape index (κ1) is 13.8. The molecule has 1 aromatic rings. The summed E-state index contributed by atoms with van der Waals surface area (Å²) in [7, 11) is 0. The van der Waals surface area contributed by atoms with Gasteiger partial charge in [0.25, 0.3) is 0 Å². The van der Waals surface area contributed by atoms with Crippen LogP contribution in [0.25, 0.3) is 0 Å². The highest BCUT2D eigenvalue weighted by Gasteiger charge is 2.21. The van der Waals surface area contributed by atoms with Gasteiger partial charge in [0.2, 0.25) is 0 Å². The third-order valence-electron chi connectivity index (χ3n) is 3.21. The second-order valence-corrected chi connectivity index (χ2v) is 5.62. The molecule has 0 saturated carbocycles. The van der Waals surface area contributed by atoms with Crippen molar-refractivity contribution in [2.45, 2.75) is 39.3 Å². The van der Waals surface area contributed by atoms with Crippen molar-refractivity contribution in [3.8, 4) is 0 Å². The van der Waals surface area contributed by atoms with E-state index >= 15 is 0 Å². The largest absolute Gasteiger partial charge is 0.378 e. The summed E-state index contributed by atoms with van der Waals surface area (Å²) in [5.74, 6) is 0. The van der Waals surface area contributed by atoms with Crippen molar-refractivity contribution in [1.29, 1.82) is 0 Å². The lowest BCUT2D eigenvalue weighted by Crippen LogP contribution is -2.36. The molecule has 1 aliphatic heterocycles. The highest BCUT2D eigenvalue weighted by Crippen LogP contribution is 2.26. The van der Waals surface area contributed by atoms with E-state index < -0.39 is 0 Å². The maximum absolute atomic E-state index is 5.67. The van der Waals surface area contributed by atoms with Gasteiger partial charge >= 0.3 is 0 Å². The van der Waals surface area contributed by atoms with Crippen molar-refractivity contribution in [3.05, 3.63) is 11.1 Å². The monoisotopic (exact) mass is 269 g/mol. The zero-order valence-corrected chi connectivity index (χ0v) is 12.1. The summed E-state index contributed by atoms with van der Waals surface area (Å²) in [5, 5.41) is 4.50. The van der Waals surface area contributed by atoms with Gasteiger partial charge < -0.3 is 15.0 Å². The lowest BCUT2D eigenvalue weighted by Gasteiger charge is -2.31. The van der Waals surface area contributed by atoms with Crippen molar-refractivity contribution >= 4 is 16.5 Å². The summed E-state index contributed by atoms with van der Waals surface area (Å²) in [5.41, 5.74) is 0. The van der Waals surface area contributed by atoms with Crippen LogP contribution >= 0.6 is 11.3 Å². The maximum atomic E-state index is 5.67. The highest BCUT2D eigenvalue weighted by atomic mass is 32.1. The minimum absolute atomic E-state index is 0.451. The smallest absolute Gasteiger partial charge is 0.185 e. The zero-order chi connectivity index (χ0) is 12.8. The first-order valence-electron chi connectivity index (χ1n) is 6.85. The normalized spacial score (nSPS) is 17.3. The molecule has 1 aliphatic rings.